The lowest BCUT2D eigenvalue weighted by atomic mass is 9.85. The maximum absolute atomic E-state index is 14.0. The standard InChI is InChI=1S/C36H39N9O3S/c1-23(2)48-27-7-4-24(5-8-27)31-32-26(18-37-31)6-9-29(40-32)45-17-13-36(35(45)47)12-16-43(21-36)20-30(46)44-14-10-25(11-15-44)34-38-19-28(49-34)33-39-22-42(3)41-33/h4-10,19,22-23H,11-18,20-21H2,1-3H3/t36-/m0/s1. The number of pyridine rings is 1. The van der Waals surface area contributed by atoms with Crippen LogP contribution in [0.3, 0.4) is 0 Å². The minimum Gasteiger partial charge on any atom is -0.491 e. The Bertz CT molecular complexity index is 1980. The summed E-state index contributed by atoms with van der Waals surface area (Å²) in [5.41, 5.74) is 4.39. The Morgan fingerprint density at radius 2 is 1.90 bits per heavy atom. The second kappa shape index (κ2) is 12.6. The first-order valence-electron chi connectivity index (χ1n) is 16.9. The molecule has 4 aromatic rings. The van der Waals surface area contributed by atoms with E-state index < -0.39 is 5.41 Å². The second-order valence-corrected chi connectivity index (χ2v) is 14.6. The van der Waals surface area contributed by atoms with E-state index in [-0.39, 0.29) is 17.9 Å². The zero-order chi connectivity index (χ0) is 33.7. The summed E-state index contributed by atoms with van der Waals surface area (Å²) in [4.78, 5) is 52.9. The highest BCUT2D eigenvalue weighted by Gasteiger charge is 2.51. The van der Waals surface area contributed by atoms with E-state index in [4.69, 9.17) is 14.7 Å². The summed E-state index contributed by atoms with van der Waals surface area (Å²) < 4.78 is 7.49. The summed E-state index contributed by atoms with van der Waals surface area (Å²) in [7, 11) is 1.85. The van der Waals surface area contributed by atoms with E-state index in [0.29, 0.717) is 50.9 Å². The van der Waals surface area contributed by atoms with Crippen molar-refractivity contribution in [1.29, 1.82) is 0 Å². The summed E-state index contributed by atoms with van der Waals surface area (Å²) in [6.45, 7) is 8.07. The van der Waals surface area contributed by atoms with Gasteiger partial charge in [-0.3, -0.25) is 29.1 Å². The number of likely N-dealkylation sites (tertiary alicyclic amines) is 1. The van der Waals surface area contributed by atoms with E-state index in [0.717, 1.165) is 69.5 Å². The van der Waals surface area contributed by atoms with Crippen molar-refractivity contribution >= 4 is 40.3 Å². The van der Waals surface area contributed by atoms with Crippen LogP contribution in [0.15, 0.2) is 60.0 Å². The number of benzene rings is 1. The number of amides is 2. The fourth-order valence-corrected chi connectivity index (χ4v) is 8.18. The molecule has 2 amide bonds. The quantitative estimate of drug-likeness (QED) is 0.272. The average molecular weight is 678 g/mol. The van der Waals surface area contributed by atoms with E-state index in [1.807, 2.05) is 73.3 Å². The molecule has 4 aliphatic heterocycles. The number of rotatable bonds is 8. The number of anilines is 1. The maximum Gasteiger partial charge on any atom is 0.237 e. The van der Waals surface area contributed by atoms with Crippen molar-refractivity contribution in [2.45, 2.75) is 45.8 Å². The highest BCUT2D eigenvalue weighted by molar-refractivity contribution is 7.16. The first kappa shape index (κ1) is 31.5. The number of hydrogen-bond donors (Lipinski definition) is 0. The van der Waals surface area contributed by atoms with Gasteiger partial charge in [-0.2, -0.15) is 5.10 Å². The third-order valence-electron chi connectivity index (χ3n) is 9.84. The van der Waals surface area contributed by atoms with Crippen LogP contribution in [0.25, 0.3) is 16.3 Å². The van der Waals surface area contributed by atoms with Crippen LogP contribution in [0.5, 0.6) is 5.75 Å². The number of aryl methyl sites for hydroxylation is 1. The van der Waals surface area contributed by atoms with Gasteiger partial charge >= 0.3 is 0 Å². The molecule has 12 nitrogen and oxygen atoms in total. The Morgan fingerprint density at radius 3 is 2.65 bits per heavy atom. The first-order chi connectivity index (χ1) is 23.7. The van der Waals surface area contributed by atoms with E-state index in [2.05, 4.69) is 26.0 Å². The van der Waals surface area contributed by atoms with Crippen molar-refractivity contribution in [3.05, 3.63) is 76.8 Å². The largest absolute Gasteiger partial charge is 0.491 e. The Labute approximate surface area is 289 Å². The highest BCUT2D eigenvalue weighted by Crippen LogP contribution is 2.42. The van der Waals surface area contributed by atoms with Gasteiger partial charge in [0.1, 0.15) is 22.9 Å². The predicted molar refractivity (Wildman–Crippen MR) is 188 cm³/mol. The van der Waals surface area contributed by atoms with Crippen LogP contribution >= 0.6 is 11.3 Å². The number of thiazole rings is 1. The minimum absolute atomic E-state index is 0.100. The van der Waals surface area contributed by atoms with Crippen molar-refractivity contribution in [1.82, 2.24) is 34.5 Å². The van der Waals surface area contributed by atoms with Gasteiger partial charge in [-0.05, 0) is 75.6 Å². The summed E-state index contributed by atoms with van der Waals surface area (Å²) in [6, 6.07) is 12.0. The molecule has 13 heteroatoms. The van der Waals surface area contributed by atoms with Crippen molar-refractivity contribution < 1.29 is 14.3 Å². The molecule has 0 saturated carbocycles. The molecule has 8 rings (SSSR count). The molecule has 0 unspecified atom stereocenters. The Morgan fingerprint density at radius 1 is 1.06 bits per heavy atom. The van der Waals surface area contributed by atoms with E-state index >= 15 is 0 Å². The average Bonchev–Trinajstić information content (AvgIpc) is 3.94. The number of fused-ring (bicyclic) bond motifs is 1. The lowest BCUT2D eigenvalue weighted by molar-refractivity contribution is -0.132. The molecule has 252 valence electrons. The van der Waals surface area contributed by atoms with E-state index in [9.17, 15) is 9.59 Å². The first-order valence-corrected chi connectivity index (χ1v) is 17.7. The van der Waals surface area contributed by atoms with Crippen LogP contribution in [-0.2, 0) is 23.2 Å². The van der Waals surface area contributed by atoms with Gasteiger partial charge in [0.2, 0.25) is 11.8 Å². The lowest BCUT2D eigenvalue weighted by Crippen LogP contribution is -2.43. The van der Waals surface area contributed by atoms with Crippen LogP contribution in [0.2, 0.25) is 0 Å². The number of carbonyl (C=O) groups is 2. The monoisotopic (exact) mass is 677 g/mol. The van der Waals surface area contributed by atoms with Gasteiger partial charge in [0, 0.05) is 50.6 Å². The maximum atomic E-state index is 14.0. The van der Waals surface area contributed by atoms with Crippen LogP contribution in [0.1, 0.15) is 54.9 Å². The lowest BCUT2D eigenvalue weighted by Gasteiger charge is -2.28. The van der Waals surface area contributed by atoms with Gasteiger partial charge in [-0.15, -0.1) is 11.3 Å². The number of carbonyl (C=O) groups excluding carboxylic acids is 2. The molecular formula is C36H39N9O3S. The Hall–Kier alpha value is -4.75. The van der Waals surface area contributed by atoms with Gasteiger partial charge in [-0.25, -0.2) is 15.0 Å². The summed E-state index contributed by atoms with van der Waals surface area (Å²) in [5.74, 6) is 2.37. The number of ether oxygens (including phenoxy) is 1. The fourth-order valence-electron chi connectivity index (χ4n) is 7.26. The smallest absolute Gasteiger partial charge is 0.237 e. The van der Waals surface area contributed by atoms with Crippen molar-refractivity contribution in [3.8, 4) is 16.5 Å². The number of aromatic nitrogens is 5. The molecule has 2 fully saturated rings. The molecule has 1 spiro atoms. The normalized spacial score (nSPS) is 20.8. The molecule has 2 saturated heterocycles. The van der Waals surface area contributed by atoms with Gasteiger partial charge in [0.25, 0.3) is 0 Å². The molecule has 0 radical (unpaired) electrons. The van der Waals surface area contributed by atoms with Gasteiger partial charge in [-0.1, -0.05) is 12.1 Å². The van der Waals surface area contributed by atoms with Gasteiger partial charge < -0.3 is 9.64 Å². The minimum atomic E-state index is -0.482. The summed E-state index contributed by atoms with van der Waals surface area (Å²) in [5, 5.41) is 5.32. The zero-order valence-electron chi connectivity index (χ0n) is 28.0. The Kier molecular flexibility index (Phi) is 8.11. The van der Waals surface area contributed by atoms with Crippen LogP contribution in [0.4, 0.5) is 5.82 Å². The molecule has 0 N–H and O–H groups in total. The third kappa shape index (κ3) is 6.05. The number of aliphatic imine (C=N–C) groups is 1. The van der Waals surface area contributed by atoms with Gasteiger partial charge in [0.05, 0.1) is 40.9 Å². The van der Waals surface area contributed by atoms with Crippen LogP contribution in [0, 0.1) is 5.41 Å². The SMILES string of the molecule is CC(C)Oc1ccc(C2=NCc3ccc(N4CC[C@]5(CCN(CC(=O)N6CC=C(c7ncc(-c8ncn(C)n8)s7)CC6)C5)C4=O)nc32)cc1. The number of hydrogen-bond acceptors (Lipinski definition) is 10. The molecule has 7 heterocycles. The zero-order valence-corrected chi connectivity index (χ0v) is 28.8. The molecule has 49 heavy (non-hydrogen) atoms. The van der Waals surface area contributed by atoms with E-state index in [1.165, 1.54) is 0 Å². The van der Waals surface area contributed by atoms with Crippen molar-refractivity contribution in [2.75, 3.05) is 44.2 Å². The predicted octanol–water partition coefficient (Wildman–Crippen LogP) is 4.22. The van der Waals surface area contributed by atoms with Crippen molar-refractivity contribution in [2.24, 2.45) is 17.5 Å². The molecule has 0 aliphatic carbocycles. The fraction of sp³-hybridized carbons (Fsp3) is 0.417. The topological polar surface area (TPSA) is 122 Å². The van der Waals surface area contributed by atoms with Gasteiger partial charge in [0.15, 0.2) is 5.82 Å². The van der Waals surface area contributed by atoms with Crippen LogP contribution in [-0.4, -0.2) is 97.4 Å². The molecule has 3 aromatic heterocycles. The Balaban J connectivity index is 0.883. The van der Waals surface area contributed by atoms with Crippen LogP contribution < -0.4 is 9.64 Å². The summed E-state index contributed by atoms with van der Waals surface area (Å²) in [6.07, 6.45) is 7.97. The number of nitrogens with zero attached hydrogens (tertiary/aromatic N) is 9. The molecule has 1 atom stereocenters. The summed E-state index contributed by atoms with van der Waals surface area (Å²) >= 11 is 1.58. The molecular weight excluding hydrogens is 639 g/mol. The van der Waals surface area contributed by atoms with E-state index in [1.54, 1.807) is 22.3 Å². The molecule has 0 bridgehead atoms. The molecule has 1 aromatic carbocycles. The highest BCUT2D eigenvalue weighted by atomic mass is 32.1. The van der Waals surface area contributed by atoms with Crippen molar-refractivity contribution in [3.63, 3.8) is 0 Å². The third-order valence-corrected chi connectivity index (χ3v) is 10.9. The molecule has 4 aliphatic rings. The second-order valence-electron chi connectivity index (χ2n) is 13.6.